The van der Waals surface area contributed by atoms with E-state index in [-0.39, 0.29) is 25.7 Å². The number of phosphoric acid groups is 2. The number of carbonyl (C=O) groups is 4. The van der Waals surface area contributed by atoms with E-state index in [9.17, 15) is 43.2 Å². The molecule has 0 saturated carbocycles. The number of aliphatic hydroxyl groups is 1. The Kier molecular flexibility index (Phi) is 69.1. The molecule has 0 amide bonds. The minimum absolute atomic E-state index is 0.107. The van der Waals surface area contributed by atoms with Crippen LogP contribution in [0.25, 0.3) is 0 Å². The molecule has 0 heterocycles. The molecular weight excluding hydrogens is 1250 g/mol. The molecule has 3 N–H and O–H groups in total. The van der Waals surface area contributed by atoms with Crippen LogP contribution < -0.4 is 0 Å². The number of unbranched alkanes of at least 4 members (excludes halogenated alkanes) is 51. The van der Waals surface area contributed by atoms with Crippen molar-refractivity contribution in [2.45, 2.75) is 425 Å². The van der Waals surface area contributed by atoms with Crippen molar-refractivity contribution in [1.82, 2.24) is 0 Å². The van der Waals surface area contributed by atoms with Gasteiger partial charge in [-0.3, -0.25) is 37.3 Å². The third kappa shape index (κ3) is 70.3. The van der Waals surface area contributed by atoms with E-state index in [2.05, 4.69) is 27.7 Å². The van der Waals surface area contributed by atoms with E-state index in [0.717, 1.165) is 89.9 Å². The predicted molar refractivity (Wildman–Crippen MR) is 386 cm³/mol. The predicted octanol–water partition coefficient (Wildman–Crippen LogP) is 22.6. The van der Waals surface area contributed by atoms with Crippen molar-refractivity contribution in [3.05, 3.63) is 0 Å². The first-order valence-corrected chi connectivity index (χ1v) is 42.8. The second-order valence-electron chi connectivity index (χ2n) is 27.4. The molecule has 2 unspecified atom stereocenters. The smallest absolute Gasteiger partial charge is 0.462 e. The molecule has 95 heavy (non-hydrogen) atoms. The van der Waals surface area contributed by atoms with Crippen LogP contribution in [0.2, 0.25) is 0 Å². The molecule has 17 nitrogen and oxygen atoms in total. The molecule has 0 aromatic rings. The van der Waals surface area contributed by atoms with Crippen LogP contribution in [0.1, 0.15) is 407 Å². The van der Waals surface area contributed by atoms with Crippen LogP contribution in [0.15, 0.2) is 0 Å². The van der Waals surface area contributed by atoms with E-state index >= 15 is 0 Å². The zero-order chi connectivity index (χ0) is 69.7. The fourth-order valence-corrected chi connectivity index (χ4v) is 13.3. The lowest BCUT2D eigenvalue weighted by atomic mass is 10.0. The highest BCUT2D eigenvalue weighted by Gasteiger charge is 2.30. The van der Waals surface area contributed by atoms with Gasteiger partial charge < -0.3 is 33.8 Å². The fraction of sp³-hybridized carbons (Fsp3) is 0.947. The van der Waals surface area contributed by atoms with Crippen molar-refractivity contribution >= 4 is 39.5 Å². The molecule has 0 bridgehead atoms. The summed E-state index contributed by atoms with van der Waals surface area (Å²) in [5.74, 6) is -2.11. The van der Waals surface area contributed by atoms with Gasteiger partial charge in [-0.2, -0.15) is 0 Å². The van der Waals surface area contributed by atoms with Crippen LogP contribution in [0.4, 0.5) is 0 Å². The van der Waals surface area contributed by atoms with Gasteiger partial charge >= 0.3 is 39.5 Å². The molecular formula is C76H148O17P2. The lowest BCUT2D eigenvalue weighted by molar-refractivity contribution is -0.161. The third-order valence-corrected chi connectivity index (χ3v) is 19.8. The molecule has 19 heteroatoms. The Hall–Kier alpha value is -1.94. The molecule has 0 spiro atoms. The summed E-state index contributed by atoms with van der Waals surface area (Å²) in [6, 6.07) is 0. The van der Waals surface area contributed by atoms with Crippen LogP contribution in [-0.4, -0.2) is 96.7 Å². The Morgan fingerprint density at radius 2 is 0.421 bits per heavy atom. The fourth-order valence-electron chi connectivity index (χ4n) is 11.8. The second kappa shape index (κ2) is 70.5. The first-order chi connectivity index (χ1) is 46.2. The van der Waals surface area contributed by atoms with Gasteiger partial charge in [-0.25, -0.2) is 9.13 Å². The Labute approximate surface area is 581 Å². The highest BCUT2D eigenvalue weighted by molar-refractivity contribution is 7.47. The number of phosphoric ester groups is 2. The SMILES string of the molecule is CCCCCCCCCCCCCCCCCCCCCC(=O)O[C@H](COC(=O)CCCCCCCCCCCCCCCCCCC)COP(=O)(O)OC[C@@H](O)COP(=O)(O)OC[C@@H](COC(=O)CCCCCCCCCCC)OC(=O)CCCCCCCCCCCC. The van der Waals surface area contributed by atoms with Crippen molar-refractivity contribution in [3.63, 3.8) is 0 Å². The molecule has 0 aliphatic carbocycles. The van der Waals surface area contributed by atoms with Gasteiger partial charge in [-0.05, 0) is 25.7 Å². The van der Waals surface area contributed by atoms with E-state index in [1.807, 2.05) is 0 Å². The Balaban J connectivity index is 5.19. The van der Waals surface area contributed by atoms with Gasteiger partial charge in [-0.15, -0.1) is 0 Å². The number of hydrogen-bond donors (Lipinski definition) is 3. The van der Waals surface area contributed by atoms with Crippen molar-refractivity contribution < 1.29 is 80.2 Å². The standard InChI is InChI=1S/C76H148O17P2/c1-5-9-13-17-21-25-28-30-32-34-35-37-39-41-43-47-51-55-59-63-76(81)93-72(67-87-74(79)61-57-53-49-46-42-40-38-36-33-31-29-26-22-18-14-10-6-2)69-91-95(84,85)89-65-70(77)64-88-94(82,83)90-68-71(66-86-73(78)60-56-52-48-44-24-20-16-12-8-4)92-75(80)62-58-54-50-45-27-23-19-15-11-7-3/h70-72,77H,5-69H2,1-4H3,(H,82,83)(H,84,85)/t70-,71+,72+/m0/s1. The summed E-state index contributed by atoms with van der Waals surface area (Å²) in [5, 5.41) is 10.6. The van der Waals surface area contributed by atoms with E-state index in [1.54, 1.807) is 0 Å². The average Bonchev–Trinajstić information content (AvgIpc) is 2.41. The second-order valence-corrected chi connectivity index (χ2v) is 30.3. The van der Waals surface area contributed by atoms with Gasteiger partial charge in [-0.1, -0.05) is 355 Å². The maximum absolute atomic E-state index is 13.1. The quantitative estimate of drug-likeness (QED) is 0.0222. The number of carbonyl (C=O) groups excluding carboxylic acids is 4. The summed E-state index contributed by atoms with van der Waals surface area (Å²) in [6.07, 6.45) is 61.1. The van der Waals surface area contributed by atoms with Gasteiger partial charge in [0.25, 0.3) is 0 Å². The molecule has 0 aliphatic rings. The maximum atomic E-state index is 13.1. The number of rotatable bonds is 77. The van der Waals surface area contributed by atoms with E-state index in [0.29, 0.717) is 25.7 Å². The molecule has 0 fully saturated rings. The van der Waals surface area contributed by atoms with Crippen molar-refractivity contribution in [1.29, 1.82) is 0 Å². The molecule has 0 rings (SSSR count). The van der Waals surface area contributed by atoms with Crippen LogP contribution >= 0.6 is 15.6 Å². The average molecular weight is 1400 g/mol. The van der Waals surface area contributed by atoms with Crippen molar-refractivity contribution in [3.8, 4) is 0 Å². The third-order valence-electron chi connectivity index (χ3n) is 17.9. The highest BCUT2D eigenvalue weighted by Crippen LogP contribution is 2.45. The van der Waals surface area contributed by atoms with Crippen LogP contribution in [0.5, 0.6) is 0 Å². The molecule has 5 atom stereocenters. The summed E-state index contributed by atoms with van der Waals surface area (Å²) in [5.41, 5.74) is 0. The molecule has 0 aliphatic heterocycles. The van der Waals surface area contributed by atoms with Gasteiger partial charge in [0, 0.05) is 25.7 Å². The zero-order valence-corrected chi connectivity index (χ0v) is 63.4. The topological polar surface area (TPSA) is 237 Å². The number of ether oxygens (including phenoxy) is 4. The van der Waals surface area contributed by atoms with E-state index in [1.165, 1.54) is 238 Å². The summed E-state index contributed by atoms with van der Waals surface area (Å²) < 4.78 is 68.4. The van der Waals surface area contributed by atoms with E-state index in [4.69, 9.17) is 37.0 Å². The lowest BCUT2D eigenvalue weighted by Gasteiger charge is -2.21. The largest absolute Gasteiger partial charge is 0.472 e. The van der Waals surface area contributed by atoms with Crippen LogP contribution in [-0.2, 0) is 65.4 Å². The Morgan fingerprint density at radius 3 is 0.621 bits per heavy atom. The highest BCUT2D eigenvalue weighted by atomic mass is 31.2. The monoisotopic (exact) mass is 1400 g/mol. The van der Waals surface area contributed by atoms with Gasteiger partial charge in [0.15, 0.2) is 12.2 Å². The zero-order valence-electron chi connectivity index (χ0n) is 61.6. The molecule has 0 radical (unpaired) electrons. The lowest BCUT2D eigenvalue weighted by Crippen LogP contribution is -2.30. The first kappa shape index (κ1) is 93.1. The first-order valence-electron chi connectivity index (χ1n) is 39.8. The number of hydrogen-bond acceptors (Lipinski definition) is 15. The van der Waals surface area contributed by atoms with Gasteiger partial charge in [0.2, 0.25) is 0 Å². The summed E-state index contributed by atoms with van der Waals surface area (Å²) in [7, 11) is -9.90. The molecule has 0 aromatic heterocycles. The number of aliphatic hydroxyl groups excluding tert-OH is 1. The van der Waals surface area contributed by atoms with Crippen LogP contribution in [0, 0.1) is 0 Å². The Bertz CT molecular complexity index is 1810. The summed E-state index contributed by atoms with van der Waals surface area (Å²) in [6.45, 7) is 4.97. The van der Waals surface area contributed by atoms with Gasteiger partial charge in [0.05, 0.1) is 26.4 Å². The van der Waals surface area contributed by atoms with Crippen molar-refractivity contribution in [2.24, 2.45) is 0 Å². The maximum Gasteiger partial charge on any atom is 0.472 e. The molecule has 0 aromatic carbocycles. The number of esters is 4. The van der Waals surface area contributed by atoms with Crippen molar-refractivity contribution in [2.75, 3.05) is 39.6 Å². The normalized spacial score (nSPS) is 13.9. The van der Waals surface area contributed by atoms with Gasteiger partial charge in [0.1, 0.15) is 19.3 Å². The minimum atomic E-state index is -4.96. The summed E-state index contributed by atoms with van der Waals surface area (Å²) >= 11 is 0. The minimum Gasteiger partial charge on any atom is -0.462 e. The van der Waals surface area contributed by atoms with E-state index < -0.39 is 97.5 Å². The summed E-state index contributed by atoms with van der Waals surface area (Å²) in [4.78, 5) is 72.7. The molecule has 0 saturated heterocycles. The molecule has 564 valence electrons. The Morgan fingerprint density at radius 1 is 0.253 bits per heavy atom. The van der Waals surface area contributed by atoms with Crippen LogP contribution in [0.3, 0.4) is 0 Å².